The lowest BCUT2D eigenvalue weighted by molar-refractivity contribution is 0.581. The highest BCUT2D eigenvalue weighted by atomic mass is 35.5. The number of nitrogens with zero attached hydrogens (tertiary/aromatic N) is 1. The molecule has 0 atom stereocenters. The first-order valence-electron chi connectivity index (χ1n) is 6.65. The number of pyridine rings is 1. The summed E-state index contributed by atoms with van der Waals surface area (Å²) in [6.45, 7) is 0.139. The quantitative estimate of drug-likeness (QED) is 0.797. The third-order valence-electron chi connectivity index (χ3n) is 3.29. The van der Waals surface area contributed by atoms with Crippen molar-refractivity contribution in [2.24, 2.45) is 0 Å². The minimum Gasteiger partial charge on any atom is -0.260 e. The molecule has 0 aliphatic rings. The largest absolute Gasteiger partial charge is 0.260 e. The second-order valence-electron chi connectivity index (χ2n) is 4.74. The molecule has 0 amide bonds. The number of fused-ring (bicyclic) bond motifs is 1. The number of aromatic nitrogens is 1. The van der Waals surface area contributed by atoms with Crippen LogP contribution in [0.3, 0.4) is 0 Å². The molecule has 0 fully saturated rings. The fraction of sp³-hybridized carbons (Fsp3) is 0.0625. The van der Waals surface area contributed by atoms with Crippen LogP contribution in [0, 0.1) is 0 Å². The maximum absolute atomic E-state index is 12.5. The number of halogens is 1. The number of sulfonamides is 1. The van der Waals surface area contributed by atoms with Crippen LogP contribution < -0.4 is 4.72 Å². The molecule has 112 valence electrons. The fourth-order valence-corrected chi connectivity index (χ4v) is 3.65. The van der Waals surface area contributed by atoms with E-state index in [2.05, 4.69) is 9.71 Å². The zero-order valence-corrected chi connectivity index (χ0v) is 13.1. The van der Waals surface area contributed by atoms with Gasteiger partial charge in [0.05, 0.1) is 17.1 Å². The van der Waals surface area contributed by atoms with Gasteiger partial charge in [-0.05, 0) is 24.3 Å². The maximum atomic E-state index is 12.5. The zero-order valence-electron chi connectivity index (χ0n) is 11.5. The minimum atomic E-state index is -3.65. The van der Waals surface area contributed by atoms with Crippen LogP contribution in [0.5, 0.6) is 0 Å². The molecular formula is C16H13ClN2O2S. The van der Waals surface area contributed by atoms with Crippen molar-refractivity contribution >= 4 is 32.4 Å². The number of hydrogen-bond acceptors (Lipinski definition) is 3. The van der Waals surface area contributed by atoms with E-state index in [1.54, 1.807) is 42.6 Å². The molecule has 0 radical (unpaired) electrons. The summed E-state index contributed by atoms with van der Waals surface area (Å²) >= 11 is 6.13. The Morgan fingerprint density at radius 1 is 0.955 bits per heavy atom. The summed E-state index contributed by atoms with van der Waals surface area (Å²) in [5.41, 5.74) is 0.657. The molecule has 0 aliphatic heterocycles. The third kappa shape index (κ3) is 2.97. The van der Waals surface area contributed by atoms with Crippen molar-refractivity contribution in [2.45, 2.75) is 11.4 Å². The lowest BCUT2D eigenvalue weighted by Crippen LogP contribution is -2.23. The number of nitrogens with one attached hydrogen (secondary N) is 1. The predicted molar refractivity (Wildman–Crippen MR) is 87.2 cm³/mol. The van der Waals surface area contributed by atoms with Gasteiger partial charge in [-0.2, -0.15) is 0 Å². The van der Waals surface area contributed by atoms with E-state index in [0.717, 1.165) is 0 Å². The Labute approximate surface area is 133 Å². The fourth-order valence-electron chi connectivity index (χ4n) is 2.22. The molecule has 1 heterocycles. The Bertz CT molecular complexity index is 912. The van der Waals surface area contributed by atoms with Gasteiger partial charge in [0, 0.05) is 22.0 Å². The van der Waals surface area contributed by atoms with Gasteiger partial charge in [-0.25, -0.2) is 13.1 Å². The molecule has 2 aromatic carbocycles. The highest BCUT2D eigenvalue weighted by molar-refractivity contribution is 7.89. The van der Waals surface area contributed by atoms with Gasteiger partial charge in [0.15, 0.2) is 0 Å². The molecule has 0 bridgehead atoms. The van der Waals surface area contributed by atoms with Crippen molar-refractivity contribution in [2.75, 3.05) is 0 Å². The van der Waals surface area contributed by atoms with Crippen LogP contribution in [0.1, 0.15) is 5.69 Å². The highest BCUT2D eigenvalue weighted by Crippen LogP contribution is 2.29. The Hall–Kier alpha value is -1.95. The Morgan fingerprint density at radius 2 is 1.68 bits per heavy atom. The van der Waals surface area contributed by atoms with Gasteiger partial charge in [-0.15, -0.1) is 0 Å². The molecule has 0 aliphatic carbocycles. The second-order valence-corrected chi connectivity index (χ2v) is 6.88. The van der Waals surface area contributed by atoms with Crippen LogP contribution in [0.25, 0.3) is 10.8 Å². The summed E-state index contributed by atoms with van der Waals surface area (Å²) in [7, 11) is -3.65. The molecule has 0 spiro atoms. The molecule has 3 aromatic rings. The van der Waals surface area contributed by atoms with Crippen molar-refractivity contribution in [3.8, 4) is 0 Å². The van der Waals surface area contributed by atoms with Crippen molar-refractivity contribution in [1.29, 1.82) is 0 Å². The van der Waals surface area contributed by atoms with E-state index in [9.17, 15) is 8.42 Å². The first-order valence-corrected chi connectivity index (χ1v) is 8.51. The lowest BCUT2D eigenvalue weighted by Gasteiger charge is -2.10. The van der Waals surface area contributed by atoms with Crippen molar-refractivity contribution in [1.82, 2.24) is 9.71 Å². The maximum Gasteiger partial charge on any atom is 0.241 e. The summed E-state index contributed by atoms with van der Waals surface area (Å²) in [5, 5.41) is 1.84. The number of benzene rings is 2. The van der Waals surface area contributed by atoms with Gasteiger partial charge in [0.1, 0.15) is 0 Å². The van der Waals surface area contributed by atoms with Crippen molar-refractivity contribution in [3.05, 3.63) is 71.5 Å². The first-order chi connectivity index (χ1) is 10.6. The van der Waals surface area contributed by atoms with Crippen LogP contribution >= 0.6 is 11.6 Å². The van der Waals surface area contributed by atoms with E-state index < -0.39 is 10.0 Å². The van der Waals surface area contributed by atoms with Gasteiger partial charge in [0.2, 0.25) is 10.0 Å². The summed E-state index contributed by atoms with van der Waals surface area (Å²) in [6, 6.07) is 15.6. The zero-order chi connectivity index (χ0) is 15.6. The van der Waals surface area contributed by atoms with Crippen LogP contribution in [0.4, 0.5) is 0 Å². The van der Waals surface area contributed by atoms with E-state index in [-0.39, 0.29) is 11.4 Å². The summed E-state index contributed by atoms with van der Waals surface area (Å²) in [5.74, 6) is 0. The standard InChI is InChI=1S/C16H13ClN2O2S/c17-15-8-9-16(14-7-2-1-6-13(14)15)22(20,21)19-11-12-5-3-4-10-18-12/h1-10,19H,11H2. The third-order valence-corrected chi connectivity index (χ3v) is 5.08. The molecule has 0 unspecified atom stereocenters. The van der Waals surface area contributed by atoms with E-state index in [0.29, 0.717) is 21.5 Å². The first kappa shape index (κ1) is 15.0. The highest BCUT2D eigenvalue weighted by Gasteiger charge is 2.18. The van der Waals surface area contributed by atoms with Crippen molar-refractivity contribution in [3.63, 3.8) is 0 Å². The SMILES string of the molecule is O=S(=O)(NCc1ccccn1)c1ccc(Cl)c2ccccc12. The van der Waals surface area contributed by atoms with E-state index in [1.807, 2.05) is 12.1 Å². The topological polar surface area (TPSA) is 59.1 Å². The normalized spacial score (nSPS) is 11.7. The van der Waals surface area contributed by atoms with Crippen LogP contribution in [0.15, 0.2) is 65.7 Å². The average molecular weight is 333 g/mol. The second kappa shape index (κ2) is 6.04. The summed E-state index contributed by atoms with van der Waals surface area (Å²) < 4.78 is 27.7. The van der Waals surface area contributed by atoms with Crippen molar-refractivity contribution < 1.29 is 8.42 Å². The lowest BCUT2D eigenvalue weighted by atomic mass is 10.1. The molecule has 1 aromatic heterocycles. The predicted octanol–water partition coefficient (Wildman–Crippen LogP) is 3.37. The van der Waals surface area contributed by atoms with Crippen LogP contribution in [0.2, 0.25) is 5.02 Å². The molecule has 1 N–H and O–H groups in total. The average Bonchev–Trinajstić information content (AvgIpc) is 2.54. The summed E-state index contributed by atoms with van der Waals surface area (Å²) in [6.07, 6.45) is 1.63. The molecule has 0 saturated carbocycles. The van der Waals surface area contributed by atoms with Crippen LogP contribution in [-0.2, 0) is 16.6 Å². The molecule has 0 saturated heterocycles. The van der Waals surface area contributed by atoms with E-state index in [1.165, 1.54) is 6.07 Å². The molecule has 3 rings (SSSR count). The molecule has 6 heteroatoms. The van der Waals surface area contributed by atoms with Gasteiger partial charge in [-0.3, -0.25) is 4.98 Å². The molecular weight excluding hydrogens is 320 g/mol. The van der Waals surface area contributed by atoms with Gasteiger partial charge in [-0.1, -0.05) is 41.9 Å². The Balaban J connectivity index is 1.98. The molecule has 22 heavy (non-hydrogen) atoms. The molecule has 4 nitrogen and oxygen atoms in total. The van der Waals surface area contributed by atoms with Crippen LogP contribution in [-0.4, -0.2) is 13.4 Å². The van der Waals surface area contributed by atoms with Gasteiger partial charge in [0.25, 0.3) is 0 Å². The minimum absolute atomic E-state index is 0.139. The smallest absolute Gasteiger partial charge is 0.241 e. The van der Waals surface area contributed by atoms with Gasteiger partial charge >= 0.3 is 0 Å². The Morgan fingerprint density at radius 3 is 2.41 bits per heavy atom. The number of rotatable bonds is 4. The Kier molecular flexibility index (Phi) is 4.11. The number of hydrogen-bond donors (Lipinski definition) is 1. The van der Waals surface area contributed by atoms with E-state index in [4.69, 9.17) is 11.6 Å². The monoisotopic (exact) mass is 332 g/mol. The van der Waals surface area contributed by atoms with E-state index >= 15 is 0 Å². The van der Waals surface area contributed by atoms with Gasteiger partial charge < -0.3 is 0 Å². The summed E-state index contributed by atoms with van der Waals surface area (Å²) in [4.78, 5) is 4.32.